The average molecular weight is 619 g/mol. The van der Waals surface area contributed by atoms with Gasteiger partial charge in [0.05, 0.1) is 10.8 Å². The Bertz CT molecular complexity index is 1810. The summed E-state index contributed by atoms with van der Waals surface area (Å²) in [5.41, 5.74) is 3.83. The van der Waals surface area contributed by atoms with E-state index in [0.717, 1.165) is 54.6 Å². The minimum Gasteiger partial charge on any atom is -0.343 e. The first-order chi connectivity index (χ1) is 18.5. The van der Waals surface area contributed by atoms with E-state index in [0.29, 0.717) is 5.69 Å². The number of halogens is 1. The molecule has 0 aromatic carbocycles. The molecule has 0 aliphatic carbocycles. The van der Waals surface area contributed by atoms with E-state index in [1.165, 1.54) is 0 Å². The maximum absolute atomic E-state index is 10.5. The Morgan fingerprint density at radius 3 is 1.87 bits per heavy atom. The fourth-order valence-corrected chi connectivity index (χ4v) is 4.66. The summed E-state index contributed by atoms with van der Waals surface area (Å²) in [6.45, 7) is 0. The van der Waals surface area contributed by atoms with Crippen molar-refractivity contribution >= 4 is 62.0 Å². The minimum absolute atomic E-state index is 0.445. The van der Waals surface area contributed by atoms with Crippen LogP contribution in [0.2, 0.25) is 0 Å². The number of H-pyrrole nitrogens is 1. The summed E-state index contributed by atoms with van der Waals surface area (Å²) in [5, 5.41) is 15.5. The molecule has 7 aromatic rings. The molecule has 1 N–H and O–H groups in total. The lowest BCUT2D eigenvalue weighted by molar-refractivity contribution is 0.111. The molecule has 0 radical (unpaired) electrons. The molecule has 0 spiro atoms. The highest BCUT2D eigenvalue weighted by Gasteiger charge is 2.12. The van der Waals surface area contributed by atoms with E-state index >= 15 is 0 Å². The number of aromatic amines is 1. The van der Waals surface area contributed by atoms with E-state index in [-0.39, 0.29) is 0 Å². The van der Waals surface area contributed by atoms with E-state index in [9.17, 15) is 4.79 Å². The normalized spacial score (nSPS) is 10.7. The highest BCUT2D eigenvalue weighted by molar-refractivity contribution is 14.1. The zero-order valence-corrected chi connectivity index (χ0v) is 22.8. The number of hydrogen-bond acceptors (Lipinski definition) is 8. The second kappa shape index (κ2) is 10.8. The van der Waals surface area contributed by atoms with Crippen molar-refractivity contribution in [2.24, 2.45) is 21.1 Å². The van der Waals surface area contributed by atoms with Crippen LogP contribution in [0.3, 0.4) is 0 Å². The number of rotatable bonds is 2. The standard InChI is InChI=1S/C10H9N5.C8H7N3O.C7H6IN3/c1-15-10-7(3-2-4-13-10)8(14-15)9-11-5-6-12-9;1-11-8-6(3-2-4-9-8)7(5-12)10-11;1-11-7-5(6(8)10-11)3-2-4-9-7/h2-6H,1H3,(H,11,12);2-5H,1H3;2-4H,1H3. The molecule has 7 rings (SSSR count). The molecule has 0 unspecified atom stereocenters. The molecule has 0 atom stereocenters. The summed E-state index contributed by atoms with van der Waals surface area (Å²) in [7, 11) is 5.54. The number of aldehydes is 1. The Morgan fingerprint density at radius 2 is 1.26 bits per heavy atom. The summed E-state index contributed by atoms with van der Waals surface area (Å²) >= 11 is 2.21. The van der Waals surface area contributed by atoms with Crippen LogP contribution >= 0.6 is 22.6 Å². The van der Waals surface area contributed by atoms with Gasteiger partial charge in [0.15, 0.2) is 29.1 Å². The van der Waals surface area contributed by atoms with Crippen LogP contribution in [-0.2, 0) is 21.1 Å². The highest BCUT2D eigenvalue weighted by Crippen LogP contribution is 2.22. The Morgan fingerprint density at radius 1 is 0.711 bits per heavy atom. The van der Waals surface area contributed by atoms with Gasteiger partial charge in [0.1, 0.15) is 15.1 Å². The number of nitrogens with one attached hydrogen (secondary N) is 1. The minimum atomic E-state index is 0.445. The number of hydrogen-bond donors (Lipinski definition) is 1. The molecular weight excluding hydrogens is 597 g/mol. The number of carbonyl (C=O) groups is 1. The lowest BCUT2D eigenvalue weighted by Gasteiger charge is -1.90. The summed E-state index contributed by atoms with van der Waals surface area (Å²) in [6, 6.07) is 11.5. The van der Waals surface area contributed by atoms with E-state index in [4.69, 9.17) is 0 Å². The Hall–Kier alpha value is -4.53. The molecular formula is C25H22IN11O. The number of carbonyl (C=O) groups excluding carboxylic acids is 1. The van der Waals surface area contributed by atoms with Gasteiger partial charge in [-0.05, 0) is 59.0 Å². The molecule has 7 heterocycles. The van der Waals surface area contributed by atoms with Crippen molar-refractivity contribution in [3.05, 3.63) is 76.8 Å². The third-order valence-electron chi connectivity index (χ3n) is 5.61. The first kappa shape index (κ1) is 25.1. The van der Waals surface area contributed by atoms with Crippen LogP contribution in [0.5, 0.6) is 0 Å². The first-order valence-electron chi connectivity index (χ1n) is 11.4. The van der Waals surface area contributed by atoms with Crippen molar-refractivity contribution in [1.82, 2.24) is 54.3 Å². The van der Waals surface area contributed by atoms with E-state index in [2.05, 4.69) is 62.8 Å². The molecule has 7 aromatic heterocycles. The van der Waals surface area contributed by atoms with Crippen molar-refractivity contribution in [3.63, 3.8) is 0 Å². The van der Waals surface area contributed by atoms with Gasteiger partial charge < -0.3 is 4.98 Å². The van der Waals surface area contributed by atoms with Crippen LogP contribution in [0.4, 0.5) is 0 Å². The predicted molar refractivity (Wildman–Crippen MR) is 151 cm³/mol. The van der Waals surface area contributed by atoms with Crippen LogP contribution in [0.15, 0.2) is 67.4 Å². The summed E-state index contributed by atoms with van der Waals surface area (Å²) < 4.78 is 6.15. The molecule has 38 heavy (non-hydrogen) atoms. The SMILES string of the molecule is Cn1nc(-c2ncc[nH]2)c2cccnc21.Cn1nc(C=O)c2cccnc21.Cn1nc(I)c2cccnc21. The van der Waals surface area contributed by atoms with Gasteiger partial charge in [-0.2, -0.15) is 15.3 Å². The average Bonchev–Trinajstić information content (AvgIpc) is 3.72. The van der Waals surface area contributed by atoms with Gasteiger partial charge in [0, 0.05) is 57.5 Å². The number of fused-ring (bicyclic) bond motifs is 3. The maximum Gasteiger partial charge on any atom is 0.171 e. The second-order valence-corrected chi connectivity index (χ2v) is 9.10. The third kappa shape index (κ3) is 4.87. The zero-order valence-electron chi connectivity index (χ0n) is 20.7. The van der Waals surface area contributed by atoms with Crippen molar-refractivity contribution in [2.45, 2.75) is 0 Å². The van der Waals surface area contributed by atoms with E-state index in [1.54, 1.807) is 58.1 Å². The summed E-state index contributed by atoms with van der Waals surface area (Å²) in [4.78, 5) is 30.3. The van der Waals surface area contributed by atoms with E-state index < -0.39 is 0 Å². The number of aromatic nitrogens is 11. The zero-order chi connectivity index (χ0) is 26.6. The van der Waals surface area contributed by atoms with E-state index in [1.807, 2.05) is 44.4 Å². The smallest absolute Gasteiger partial charge is 0.171 e. The molecule has 0 bridgehead atoms. The summed E-state index contributed by atoms with van der Waals surface area (Å²) in [5.74, 6) is 0.772. The molecule has 0 aliphatic heterocycles. The lowest BCUT2D eigenvalue weighted by Crippen LogP contribution is -1.91. The van der Waals surface area contributed by atoms with Crippen LogP contribution in [-0.4, -0.2) is 60.5 Å². The van der Waals surface area contributed by atoms with Gasteiger partial charge in [-0.1, -0.05) is 0 Å². The number of nitrogens with zero attached hydrogens (tertiary/aromatic N) is 10. The van der Waals surface area contributed by atoms with Gasteiger partial charge in [-0.25, -0.2) is 34.0 Å². The molecule has 0 fully saturated rings. The Kier molecular flexibility index (Phi) is 7.17. The number of imidazole rings is 1. The van der Waals surface area contributed by atoms with Gasteiger partial charge in [0.2, 0.25) is 0 Å². The Balaban J connectivity index is 0.000000118. The van der Waals surface area contributed by atoms with Crippen LogP contribution in [0.1, 0.15) is 10.5 Å². The monoisotopic (exact) mass is 619 g/mol. The predicted octanol–water partition coefficient (Wildman–Crippen LogP) is 3.71. The third-order valence-corrected chi connectivity index (χ3v) is 6.41. The molecule has 190 valence electrons. The topological polar surface area (TPSA) is 138 Å². The molecule has 12 nitrogen and oxygen atoms in total. The lowest BCUT2D eigenvalue weighted by atomic mass is 10.2. The van der Waals surface area contributed by atoms with Gasteiger partial charge in [0.25, 0.3) is 0 Å². The van der Waals surface area contributed by atoms with Crippen molar-refractivity contribution < 1.29 is 4.79 Å². The van der Waals surface area contributed by atoms with Gasteiger partial charge in [-0.15, -0.1) is 0 Å². The quantitative estimate of drug-likeness (QED) is 0.229. The van der Waals surface area contributed by atoms with Crippen molar-refractivity contribution in [2.75, 3.05) is 0 Å². The van der Waals surface area contributed by atoms with Crippen molar-refractivity contribution in [1.29, 1.82) is 0 Å². The number of aryl methyl sites for hydroxylation is 3. The maximum atomic E-state index is 10.5. The fourth-order valence-electron chi connectivity index (χ4n) is 3.91. The van der Waals surface area contributed by atoms with Crippen molar-refractivity contribution in [3.8, 4) is 11.5 Å². The van der Waals surface area contributed by atoms with Crippen LogP contribution in [0, 0.1) is 3.70 Å². The molecule has 0 amide bonds. The molecule has 0 saturated heterocycles. The van der Waals surface area contributed by atoms with Crippen LogP contribution < -0.4 is 0 Å². The molecule has 13 heteroatoms. The second-order valence-electron chi connectivity index (χ2n) is 8.07. The largest absolute Gasteiger partial charge is 0.343 e. The van der Waals surface area contributed by atoms with Gasteiger partial charge in [-0.3, -0.25) is 4.79 Å². The van der Waals surface area contributed by atoms with Crippen LogP contribution in [0.25, 0.3) is 44.6 Å². The Labute approximate surface area is 229 Å². The van der Waals surface area contributed by atoms with Gasteiger partial charge >= 0.3 is 0 Å². The molecule has 0 saturated carbocycles. The highest BCUT2D eigenvalue weighted by atomic mass is 127. The molecule has 0 aliphatic rings. The fraction of sp³-hybridized carbons (Fsp3) is 0.120. The number of pyridine rings is 3. The first-order valence-corrected chi connectivity index (χ1v) is 12.5. The summed E-state index contributed by atoms with van der Waals surface area (Å²) in [6.07, 6.45) is 9.46.